The van der Waals surface area contributed by atoms with Gasteiger partial charge in [0.2, 0.25) is 6.41 Å². The van der Waals surface area contributed by atoms with E-state index in [1.54, 1.807) is 35.3 Å². The number of amides is 1. The summed E-state index contributed by atoms with van der Waals surface area (Å²) in [6, 6.07) is 11.1. The van der Waals surface area contributed by atoms with Crippen LogP contribution in [-0.4, -0.2) is 69.3 Å². The summed E-state index contributed by atoms with van der Waals surface area (Å²) < 4.78 is 16.7. The topological polar surface area (TPSA) is 92.1 Å². The van der Waals surface area contributed by atoms with Crippen molar-refractivity contribution in [3.63, 3.8) is 0 Å². The van der Waals surface area contributed by atoms with Crippen LogP contribution in [-0.2, 0) is 11.3 Å². The van der Waals surface area contributed by atoms with Gasteiger partial charge in [0.25, 0.3) is 0 Å². The Labute approximate surface area is 219 Å². The fourth-order valence-electron chi connectivity index (χ4n) is 4.13. The van der Waals surface area contributed by atoms with Gasteiger partial charge in [-0.2, -0.15) is 0 Å². The van der Waals surface area contributed by atoms with Crippen molar-refractivity contribution < 1.29 is 10.6 Å². The number of piperazine rings is 1. The average Bonchev–Trinajstić information content (AvgIpc) is 3.57. The standard InChI is InChI=1S/C17H19FN6.C9H8N2OS.H2/c1-12-3-4-13(9-15(12)18)24-10-14-16(21-24)19-11-20-17(14)23-7-5-22(2)6-8-23;12-5-10-4-7-1-2-9-8(3-7)11-6-13-9;/h3-4,9-11H,5-8H2,1-2H3;1-3,5-6H,4H2,(H,10,12);1H. The Kier molecular flexibility index (Phi) is 7.33. The molecule has 0 radical (unpaired) electrons. The lowest BCUT2D eigenvalue weighted by Crippen LogP contribution is -2.44. The minimum Gasteiger partial charge on any atom is -0.355 e. The minimum atomic E-state index is -0.238. The van der Waals surface area contributed by atoms with Crippen LogP contribution in [0.3, 0.4) is 0 Å². The lowest BCUT2D eigenvalue weighted by atomic mass is 10.2. The zero-order valence-electron chi connectivity index (χ0n) is 20.6. The molecule has 0 unspecified atom stereocenters. The number of nitrogens with zero attached hydrogens (tertiary/aromatic N) is 7. The van der Waals surface area contributed by atoms with Crippen molar-refractivity contribution in [2.45, 2.75) is 13.5 Å². The van der Waals surface area contributed by atoms with Crippen molar-refractivity contribution >= 4 is 44.8 Å². The van der Waals surface area contributed by atoms with Crippen LogP contribution in [0.15, 0.2) is 54.4 Å². The molecule has 1 fully saturated rings. The molecule has 0 atom stereocenters. The van der Waals surface area contributed by atoms with E-state index < -0.39 is 0 Å². The second-order valence-electron chi connectivity index (χ2n) is 8.89. The van der Waals surface area contributed by atoms with Crippen molar-refractivity contribution in [3.8, 4) is 5.69 Å². The van der Waals surface area contributed by atoms with Crippen LogP contribution in [0, 0.1) is 12.7 Å². The van der Waals surface area contributed by atoms with Crippen molar-refractivity contribution in [3.05, 3.63) is 71.4 Å². The van der Waals surface area contributed by atoms with E-state index in [9.17, 15) is 9.18 Å². The summed E-state index contributed by atoms with van der Waals surface area (Å²) in [5, 5.41) is 7.99. The van der Waals surface area contributed by atoms with Crippen molar-refractivity contribution in [1.29, 1.82) is 0 Å². The molecule has 3 aromatic heterocycles. The Balaban J connectivity index is 0.000000204. The summed E-state index contributed by atoms with van der Waals surface area (Å²) in [4.78, 5) is 27.5. The van der Waals surface area contributed by atoms with Gasteiger partial charge in [0.1, 0.15) is 18.0 Å². The highest BCUT2D eigenvalue weighted by Gasteiger charge is 2.19. The first-order valence-corrected chi connectivity index (χ1v) is 12.8. The third-order valence-corrected chi connectivity index (χ3v) is 7.11. The Morgan fingerprint density at radius 1 is 1.11 bits per heavy atom. The number of hydrogen-bond donors (Lipinski definition) is 1. The molecular weight excluding hydrogens is 491 g/mol. The number of anilines is 1. The van der Waals surface area contributed by atoms with Crippen LogP contribution in [0.1, 0.15) is 12.6 Å². The Morgan fingerprint density at radius 3 is 2.73 bits per heavy atom. The number of rotatable bonds is 5. The predicted molar refractivity (Wildman–Crippen MR) is 146 cm³/mol. The Bertz CT molecular complexity index is 1530. The molecule has 11 heteroatoms. The largest absolute Gasteiger partial charge is 0.355 e. The van der Waals surface area contributed by atoms with Crippen LogP contribution in [0.5, 0.6) is 0 Å². The van der Waals surface area contributed by atoms with Gasteiger partial charge < -0.3 is 15.1 Å². The second kappa shape index (κ2) is 11.0. The van der Waals surface area contributed by atoms with E-state index >= 15 is 0 Å². The number of likely N-dealkylation sites (N-methyl/N-ethyl adjacent to an activating group) is 1. The molecule has 1 aliphatic heterocycles. The van der Waals surface area contributed by atoms with Gasteiger partial charge in [-0.3, -0.25) is 4.79 Å². The van der Waals surface area contributed by atoms with E-state index in [-0.39, 0.29) is 7.24 Å². The summed E-state index contributed by atoms with van der Waals surface area (Å²) in [6.45, 7) is 6.16. The number of aromatic nitrogens is 5. The summed E-state index contributed by atoms with van der Waals surface area (Å²) in [7, 11) is 2.12. The third kappa shape index (κ3) is 5.57. The summed E-state index contributed by atoms with van der Waals surface area (Å²) in [5.41, 5.74) is 5.82. The average molecular weight is 521 g/mol. The molecule has 0 aliphatic carbocycles. The maximum atomic E-state index is 13.8. The molecule has 9 nitrogen and oxygen atoms in total. The molecule has 0 spiro atoms. The number of carbonyl (C=O) groups excluding carboxylic acids is 1. The monoisotopic (exact) mass is 520 g/mol. The Hall–Kier alpha value is -3.96. The van der Waals surface area contributed by atoms with Crippen LogP contribution in [0.2, 0.25) is 0 Å². The molecule has 1 amide bonds. The molecule has 0 saturated carbocycles. The third-order valence-electron chi connectivity index (χ3n) is 6.30. The zero-order chi connectivity index (χ0) is 25.8. The zero-order valence-corrected chi connectivity index (χ0v) is 21.5. The van der Waals surface area contributed by atoms with E-state index in [2.05, 4.69) is 42.2 Å². The smallest absolute Gasteiger partial charge is 0.207 e. The maximum Gasteiger partial charge on any atom is 0.207 e. The SMILES string of the molecule is Cc1ccc(-n2cc3c(N4CCN(C)CC4)ncnc3n2)cc1F.O=CNCc1ccc2scnc2c1.[HH]. The molecule has 1 N–H and O–H groups in total. The first-order chi connectivity index (χ1) is 18.0. The number of halogens is 1. The highest BCUT2D eigenvalue weighted by molar-refractivity contribution is 7.16. The first kappa shape index (κ1) is 24.7. The summed E-state index contributed by atoms with van der Waals surface area (Å²) in [5.74, 6) is 0.657. The quantitative estimate of drug-likeness (QED) is 0.353. The highest BCUT2D eigenvalue weighted by Crippen LogP contribution is 2.25. The molecule has 192 valence electrons. The molecule has 1 saturated heterocycles. The number of nitrogens with one attached hydrogen (secondary N) is 1. The molecule has 2 aromatic carbocycles. The summed E-state index contributed by atoms with van der Waals surface area (Å²) in [6.07, 6.45) is 4.13. The number of fused-ring (bicyclic) bond motifs is 2. The van der Waals surface area contributed by atoms with Crippen LogP contribution >= 0.6 is 11.3 Å². The van der Waals surface area contributed by atoms with Gasteiger partial charge in [-0.25, -0.2) is 24.0 Å². The molecule has 4 heterocycles. The Morgan fingerprint density at radius 2 is 1.95 bits per heavy atom. The molecular formula is C26H29FN8OS. The number of aryl methyl sites for hydroxylation is 1. The normalized spacial score (nSPS) is 14.0. The van der Waals surface area contributed by atoms with Gasteiger partial charge in [-0.05, 0) is 49.4 Å². The van der Waals surface area contributed by atoms with Gasteiger partial charge >= 0.3 is 0 Å². The van der Waals surface area contributed by atoms with Gasteiger partial charge in [0.15, 0.2) is 5.65 Å². The fourth-order valence-corrected chi connectivity index (χ4v) is 4.78. The summed E-state index contributed by atoms with van der Waals surface area (Å²) >= 11 is 1.62. The van der Waals surface area contributed by atoms with E-state index in [0.29, 0.717) is 29.9 Å². The minimum absolute atomic E-state index is 0. The van der Waals surface area contributed by atoms with Crippen molar-refractivity contribution in [1.82, 2.24) is 34.9 Å². The predicted octanol–water partition coefficient (Wildman–Crippen LogP) is 3.80. The lowest BCUT2D eigenvalue weighted by Gasteiger charge is -2.33. The molecule has 1 aliphatic rings. The van der Waals surface area contributed by atoms with Crippen molar-refractivity contribution in [2.75, 3.05) is 38.1 Å². The highest BCUT2D eigenvalue weighted by atomic mass is 32.1. The van der Waals surface area contributed by atoms with Gasteiger partial charge in [-0.15, -0.1) is 16.4 Å². The van der Waals surface area contributed by atoms with Gasteiger partial charge in [0.05, 0.1) is 26.8 Å². The van der Waals surface area contributed by atoms with E-state index in [4.69, 9.17) is 0 Å². The van der Waals surface area contributed by atoms with Gasteiger partial charge in [-0.1, -0.05) is 12.1 Å². The number of thiazole rings is 1. The van der Waals surface area contributed by atoms with Gasteiger partial charge in [0, 0.05) is 40.3 Å². The first-order valence-electron chi connectivity index (χ1n) is 11.9. The maximum absolute atomic E-state index is 13.8. The molecule has 6 rings (SSSR count). The van der Waals surface area contributed by atoms with E-state index in [1.165, 1.54) is 10.8 Å². The van der Waals surface area contributed by atoms with Crippen molar-refractivity contribution in [2.24, 2.45) is 0 Å². The number of hydrogen-bond acceptors (Lipinski definition) is 8. The molecule has 0 bridgehead atoms. The fraction of sp³-hybridized carbons (Fsp3) is 0.269. The molecule has 37 heavy (non-hydrogen) atoms. The number of benzene rings is 2. The molecule has 5 aromatic rings. The van der Waals surface area contributed by atoms with Crippen LogP contribution in [0.4, 0.5) is 10.2 Å². The van der Waals surface area contributed by atoms with E-state index in [1.807, 2.05) is 36.0 Å². The van der Waals surface area contributed by atoms with Crippen LogP contribution < -0.4 is 10.2 Å². The van der Waals surface area contributed by atoms with E-state index in [0.717, 1.165) is 48.5 Å². The lowest BCUT2D eigenvalue weighted by molar-refractivity contribution is -0.109. The van der Waals surface area contributed by atoms with Crippen LogP contribution in [0.25, 0.3) is 26.9 Å². The number of carbonyl (C=O) groups is 1. The second-order valence-corrected chi connectivity index (χ2v) is 9.77.